The maximum absolute atomic E-state index is 5.74. The van der Waals surface area contributed by atoms with Gasteiger partial charge in [-0.3, -0.25) is 9.13 Å². The van der Waals surface area contributed by atoms with Gasteiger partial charge in [-0.15, -0.1) is 0 Å². The van der Waals surface area contributed by atoms with Crippen LogP contribution in [0, 0.1) is 0 Å². The van der Waals surface area contributed by atoms with Crippen LogP contribution in [0.3, 0.4) is 0 Å². The van der Waals surface area contributed by atoms with Crippen molar-refractivity contribution in [2.75, 3.05) is 0 Å². The summed E-state index contributed by atoms with van der Waals surface area (Å²) in [7, 11) is 0. The van der Waals surface area contributed by atoms with Crippen molar-refractivity contribution in [2.45, 2.75) is 57.8 Å². The fourth-order valence-corrected chi connectivity index (χ4v) is 15.5. The Morgan fingerprint density at radius 2 is 0.585 bits per heavy atom. The third-order valence-corrected chi connectivity index (χ3v) is 19.5. The molecule has 0 radical (unpaired) electrons. The third kappa shape index (κ3) is 5.80. The molecule has 6 heteroatoms. The Bertz CT molecular complexity index is 5190. The largest absolute Gasteiger partial charge is 0.309 e. The smallest absolute Gasteiger partial charge is 0.240 e. The highest BCUT2D eigenvalue weighted by atomic mass is 15.3. The quantitative estimate of drug-likeness (QED) is 0.176. The predicted molar refractivity (Wildman–Crippen MR) is 338 cm³/mol. The minimum absolute atomic E-state index is 0.156. The van der Waals surface area contributed by atoms with Gasteiger partial charge in [-0.2, -0.15) is 15.0 Å². The number of para-hydroxylation sites is 3. The first kappa shape index (κ1) is 45.9. The maximum Gasteiger partial charge on any atom is 0.240 e. The lowest BCUT2D eigenvalue weighted by Gasteiger charge is -2.22. The maximum atomic E-state index is 5.74. The fourth-order valence-electron chi connectivity index (χ4n) is 15.5. The second-order valence-electron chi connectivity index (χ2n) is 24.8. The molecule has 3 aliphatic rings. The van der Waals surface area contributed by atoms with Crippen molar-refractivity contribution in [3.8, 4) is 62.4 Å². The number of hydrogen-bond acceptors (Lipinski definition) is 3. The molecule has 0 N–H and O–H groups in total. The molecular weight excluding hydrogens is 997 g/mol. The standard InChI is InChI=1S/C76H54N6/c1-74(2)58-29-15-9-22-44(58)52-37-55-48-26-12-18-32-64(48)80(68(55)40-61(52)74)67-36-35-51(43-21-7-8-25-47(43)67)71-77-72(81-65-33-19-13-27-49(65)56-38-53-45-23-10-16-30-59(45)75(3,4)62(53)41-69(56)81)79-73(78-71)82-66-34-20-14-28-50(66)57-39-54-46-24-11-17-31-60(46)76(5,6)63(54)42-70(57)82/h7-42H,1-6H3. The number of fused-ring (bicyclic) bond motifs is 19. The summed E-state index contributed by atoms with van der Waals surface area (Å²) < 4.78 is 7.10. The molecule has 6 nitrogen and oxygen atoms in total. The predicted octanol–water partition coefficient (Wildman–Crippen LogP) is 18.9. The van der Waals surface area contributed by atoms with E-state index in [1.807, 2.05) is 0 Å². The van der Waals surface area contributed by atoms with Crippen LogP contribution >= 0.6 is 0 Å². The van der Waals surface area contributed by atoms with E-state index in [1.165, 1.54) is 99.3 Å². The van der Waals surface area contributed by atoms with E-state index in [-0.39, 0.29) is 16.2 Å². The summed E-state index contributed by atoms with van der Waals surface area (Å²) in [6, 6.07) is 81.1. The minimum atomic E-state index is -0.217. The molecule has 0 bridgehead atoms. The molecule has 0 fully saturated rings. The fraction of sp³-hybridized carbons (Fsp3) is 0.118. The molecule has 388 valence electrons. The average Bonchev–Trinajstić information content (AvgIpc) is 3.03. The van der Waals surface area contributed by atoms with Crippen LogP contribution in [0.15, 0.2) is 218 Å². The molecule has 11 aromatic carbocycles. The number of aromatic nitrogens is 6. The van der Waals surface area contributed by atoms with Crippen molar-refractivity contribution in [1.29, 1.82) is 0 Å². The third-order valence-electron chi connectivity index (χ3n) is 19.5. The van der Waals surface area contributed by atoms with Gasteiger partial charge in [0, 0.05) is 59.5 Å². The SMILES string of the molecule is CC1(C)c2ccccc2-c2cc3c4ccccc4n(-c4nc(-c5ccc(-n6c7ccccc7c7cc8c(cc76)C(C)(C)c6ccccc6-8)c6ccccc56)nc(-n5c6ccccc6c6cc7c(cc65)C(C)(C)c5ccccc5-7)n4)c3cc21. The van der Waals surface area contributed by atoms with E-state index < -0.39 is 0 Å². The first-order chi connectivity index (χ1) is 39.9. The Balaban J connectivity index is 0.921. The minimum Gasteiger partial charge on any atom is -0.309 e. The molecule has 0 aliphatic heterocycles. The van der Waals surface area contributed by atoms with E-state index >= 15 is 0 Å². The van der Waals surface area contributed by atoms with Crippen LogP contribution in [0.2, 0.25) is 0 Å². The highest BCUT2D eigenvalue weighted by Crippen LogP contribution is 2.54. The van der Waals surface area contributed by atoms with Gasteiger partial charge in [-0.05, 0) is 139 Å². The Kier molecular flexibility index (Phi) is 8.80. The van der Waals surface area contributed by atoms with Gasteiger partial charge in [0.25, 0.3) is 0 Å². The van der Waals surface area contributed by atoms with Gasteiger partial charge < -0.3 is 4.57 Å². The van der Waals surface area contributed by atoms with E-state index in [4.69, 9.17) is 15.0 Å². The van der Waals surface area contributed by atoms with Crippen LogP contribution in [0.1, 0.15) is 74.9 Å². The number of benzene rings is 11. The van der Waals surface area contributed by atoms with Gasteiger partial charge in [0.05, 0.1) is 38.8 Å². The Labute approximate surface area is 474 Å². The van der Waals surface area contributed by atoms with E-state index in [0.717, 1.165) is 54.9 Å². The molecule has 18 rings (SSSR count). The van der Waals surface area contributed by atoms with Gasteiger partial charge in [0.15, 0.2) is 5.82 Å². The van der Waals surface area contributed by atoms with Crippen LogP contribution in [0.4, 0.5) is 0 Å². The molecule has 0 unspecified atom stereocenters. The van der Waals surface area contributed by atoms with Crippen molar-refractivity contribution >= 4 is 76.2 Å². The monoisotopic (exact) mass is 1050 g/mol. The van der Waals surface area contributed by atoms with Gasteiger partial charge in [0.1, 0.15) is 0 Å². The number of nitrogens with zero attached hydrogens (tertiary/aromatic N) is 6. The van der Waals surface area contributed by atoms with Crippen molar-refractivity contribution < 1.29 is 0 Å². The second-order valence-corrected chi connectivity index (χ2v) is 24.8. The van der Waals surface area contributed by atoms with Crippen LogP contribution in [-0.2, 0) is 16.2 Å². The van der Waals surface area contributed by atoms with Gasteiger partial charge in [0.2, 0.25) is 11.9 Å². The highest BCUT2D eigenvalue weighted by Gasteiger charge is 2.39. The molecule has 15 aromatic rings. The molecule has 0 saturated carbocycles. The molecule has 4 heterocycles. The number of hydrogen-bond donors (Lipinski definition) is 0. The molecular formula is C76H54N6. The lowest BCUT2D eigenvalue weighted by Crippen LogP contribution is -2.15. The van der Waals surface area contributed by atoms with Crippen LogP contribution < -0.4 is 0 Å². The average molecular weight is 1050 g/mol. The lowest BCUT2D eigenvalue weighted by molar-refractivity contribution is 0.660. The molecule has 82 heavy (non-hydrogen) atoms. The van der Waals surface area contributed by atoms with E-state index in [9.17, 15) is 0 Å². The van der Waals surface area contributed by atoms with Crippen LogP contribution in [0.25, 0.3) is 139 Å². The topological polar surface area (TPSA) is 53.5 Å². The van der Waals surface area contributed by atoms with E-state index in [2.05, 4.69) is 274 Å². The normalized spacial score (nSPS) is 15.0. The van der Waals surface area contributed by atoms with Crippen LogP contribution in [-0.4, -0.2) is 28.7 Å². The zero-order valence-electron chi connectivity index (χ0n) is 46.5. The number of rotatable bonds is 4. The summed E-state index contributed by atoms with van der Waals surface area (Å²) in [5.74, 6) is 1.72. The zero-order valence-corrected chi connectivity index (χ0v) is 46.5. The summed E-state index contributed by atoms with van der Waals surface area (Å²) in [6.45, 7) is 14.2. The van der Waals surface area contributed by atoms with Gasteiger partial charge in [-0.1, -0.05) is 193 Å². The summed E-state index contributed by atoms with van der Waals surface area (Å²) in [6.07, 6.45) is 0. The molecule has 0 saturated heterocycles. The molecule has 0 spiro atoms. The zero-order chi connectivity index (χ0) is 54.7. The van der Waals surface area contributed by atoms with Gasteiger partial charge >= 0.3 is 0 Å². The summed E-state index contributed by atoms with van der Waals surface area (Å²) >= 11 is 0. The molecule has 0 amide bonds. The highest BCUT2D eigenvalue weighted by molar-refractivity contribution is 6.15. The first-order valence-electron chi connectivity index (χ1n) is 28.8. The lowest BCUT2D eigenvalue weighted by atomic mass is 9.82. The Morgan fingerprint density at radius 3 is 1.01 bits per heavy atom. The van der Waals surface area contributed by atoms with E-state index in [0.29, 0.717) is 17.7 Å². The first-order valence-corrected chi connectivity index (χ1v) is 28.8. The molecule has 4 aromatic heterocycles. The van der Waals surface area contributed by atoms with Crippen molar-refractivity contribution in [2.24, 2.45) is 0 Å². The van der Waals surface area contributed by atoms with Crippen molar-refractivity contribution in [3.05, 3.63) is 252 Å². The second kappa shape index (κ2) is 15.7. The molecule has 0 atom stereocenters. The molecule has 3 aliphatic carbocycles. The van der Waals surface area contributed by atoms with Crippen molar-refractivity contribution in [1.82, 2.24) is 28.7 Å². The van der Waals surface area contributed by atoms with Gasteiger partial charge in [-0.25, -0.2) is 0 Å². The summed E-state index contributed by atoms with van der Waals surface area (Å²) in [4.78, 5) is 17.2. The van der Waals surface area contributed by atoms with Crippen molar-refractivity contribution in [3.63, 3.8) is 0 Å². The Morgan fingerprint density at radius 1 is 0.244 bits per heavy atom. The Hall–Kier alpha value is -9.91. The van der Waals surface area contributed by atoms with Crippen LogP contribution in [0.5, 0.6) is 0 Å². The summed E-state index contributed by atoms with van der Waals surface area (Å²) in [5, 5.41) is 9.28. The van der Waals surface area contributed by atoms with E-state index in [1.54, 1.807) is 0 Å². The summed E-state index contributed by atoms with van der Waals surface area (Å²) in [5.41, 5.74) is 23.8.